The Bertz CT molecular complexity index is 506. The minimum absolute atomic E-state index is 0.0419. The maximum atomic E-state index is 11.3. The van der Waals surface area contributed by atoms with Crippen molar-refractivity contribution in [1.29, 1.82) is 0 Å². The van der Waals surface area contributed by atoms with E-state index in [0.29, 0.717) is 5.16 Å². The second kappa shape index (κ2) is 5.75. The number of hydrogen-bond acceptors (Lipinski definition) is 4. The zero-order valence-electron chi connectivity index (χ0n) is 7.89. The van der Waals surface area contributed by atoms with Crippen LogP contribution in [0.3, 0.4) is 0 Å². The van der Waals surface area contributed by atoms with Crippen LogP contribution >= 0.6 is 11.8 Å². The maximum Gasteiger partial charge on any atom is 0.267 e. The van der Waals surface area contributed by atoms with Crippen LogP contribution in [0.2, 0.25) is 0 Å². The first kappa shape index (κ1) is 11.2. The molecule has 15 heavy (non-hydrogen) atoms. The molecule has 76 valence electrons. The van der Waals surface area contributed by atoms with E-state index in [2.05, 4.69) is 31.8 Å². The van der Waals surface area contributed by atoms with E-state index in [4.69, 9.17) is 5.53 Å². The fraction of sp³-hybridized carbons (Fsp3) is 0.250. The molecular formula is C8H7N5OS. The number of nitrogens with zero attached hydrogens (tertiary/aromatic N) is 4. The van der Waals surface area contributed by atoms with Crippen molar-refractivity contribution in [3.05, 3.63) is 32.6 Å². The summed E-state index contributed by atoms with van der Waals surface area (Å²) in [6, 6.07) is 0. The summed E-state index contributed by atoms with van der Waals surface area (Å²) in [6.45, 7) is 0.0419. The van der Waals surface area contributed by atoms with E-state index in [0.717, 1.165) is 0 Å². The number of azide groups is 1. The quantitative estimate of drug-likeness (QED) is 0.203. The Balaban J connectivity index is 2.90. The molecule has 1 rings (SSSR count). The fourth-order valence-corrected chi connectivity index (χ4v) is 1.13. The Morgan fingerprint density at radius 2 is 2.60 bits per heavy atom. The van der Waals surface area contributed by atoms with E-state index in [1.54, 1.807) is 0 Å². The molecule has 1 aromatic rings. The Hall–Kier alpha value is -1.90. The molecule has 6 nitrogen and oxygen atoms in total. The lowest BCUT2D eigenvalue weighted by molar-refractivity contribution is 0.933. The van der Waals surface area contributed by atoms with Gasteiger partial charge in [-0.3, -0.25) is 4.79 Å². The first-order valence-electron chi connectivity index (χ1n) is 3.91. The minimum atomic E-state index is -0.289. The van der Waals surface area contributed by atoms with Crippen molar-refractivity contribution < 1.29 is 0 Å². The lowest BCUT2D eigenvalue weighted by Crippen LogP contribution is -2.11. The van der Waals surface area contributed by atoms with E-state index >= 15 is 0 Å². The molecule has 0 aliphatic carbocycles. The van der Waals surface area contributed by atoms with Crippen molar-refractivity contribution in [2.24, 2.45) is 5.11 Å². The van der Waals surface area contributed by atoms with Gasteiger partial charge in [-0.2, -0.15) is 0 Å². The highest BCUT2D eigenvalue weighted by atomic mass is 32.2. The van der Waals surface area contributed by atoms with Gasteiger partial charge in [0.05, 0.1) is 12.7 Å². The summed E-state index contributed by atoms with van der Waals surface area (Å²) < 4.78 is 0. The van der Waals surface area contributed by atoms with Crippen LogP contribution in [-0.4, -0.2) is 22.8 Å². The molecule has 1 heterocycles. The molecule has 0 aliphatic heterocycles. The van der Waals surface area contributed by atoms with E-state index in [1.165, 1.54) is 18.0 Å². The van der Waals surface area contributed by atoms with E-state index in [-0.39, 0.29) is 17.7 Å². The van der Waals surface area contributed by atoms with Gasteiger partial charge in [0.15, 0.2) is 5.16 Å². The number of rotatable bonds is 2. The summed E-state index contributed by atoms with van der Waals surface area (Å²) in [5.74, 6) is 5.11. The largest absolute Gasteiger partial charge is 0.300 e. The summed E-state index contributed by atoms with van der Waals surface area (Å²) >= 11 is 1.34. The third kappa shape index (κ3) is 3.38. The van der Waals surface area contributed by atoms with Gasteiger partial charge in [0, 0.05) is 4.91 Å². The second-order valence-corrected chi connectivity index (χ2v) is 3.12. The highest BCUT2D eigenvalue weighted by molar-refractivity contribution is 7.98. The number of hydrogen-bond donors (Lipinski definition) is 1. The number of thioether (sulfide) groups is 1. The Labute approximate surface area is 89.7 Å². The highest BCUT2D eigenvalue weighted by Crippen LogP contribution is 2.03. The zero-order valence-corrected chi connectivity index (χ0v) is 8.71. The van der Waals surface area contributed by atoms with Crippen LogP contribution in [-0.2, 0) is 0 Å². The molecule has 0 aliphatic rings. The average Bonchev–Trinajstić information content (AvgIpc) is 2.26. The third-order valence-electron chi connectivity index (χ3n) is 1.41. The van der Waals surface area contributed by atoms with Gasteiger partial charge in [0.1, 0.15) is 5.56 Å². The maximum absolute atomic E-state index is 11.3. The normalized spacial score (nSPS) is 8.60. The smallest absolute Gasteiger partial charge is 0.267 e. The summed E-state index contributed by atoms with van der Waals surface area (Å²) in [7, 11) is 0. The molecule has 0 saturated heterocycles. The molecule has 0 fully saturated rings. The molecule has 0 amide bonds. The molecular weight excluding hydrogens is 214 g/mol. The Morgan fingerprint density at radius 3 is 3.20 bits per heavy atom. The molecule has 0 unspecified atom stereocenters. The number of aromatic amines is 1. The average molecular weight is 221 g/mol. The van der Waals surface area contributed by atoms with Gasteiger partial charge >= 0.3 is 0 Å². The van der Waals surface area contributed by atoms with Crippen molar-refractivity contribution in [3.8, 4) is 11.8 Å². The first-order valence-corrected chi connectivity index (χ1v) is 5.13. The van der Waals surface area contributed by atoms with Crippen LogP contribution in [0.25, 0.3) is 10.4 Å². The lowest BCUT2D eigenvalue weighted by atomic mass is 10.3. The standard InChI is InChI=1S/C8H7N5OS/c1-15-8-10-5-6(7(14)12-8)3-2-4-11-13-9/h5H,4H2,1H3,(H,10,12,14). The topological polar surface area (TPSA) is 94.5 Å². The molecule has 1 aromatic heterocycles. The Kier molecular flexibility index (Phi) is 4.29. The summed E-state index contributed by atoms with van der Waals surface area (Å²) in [5, 5.41) is 3.76. The lowest BCUT2D eigenvalue weighted by Gasteiger charge is -1.93. The molecule has 7 heteroatoms. The molecule has 0 saturated carbocycles. The van der Waals surface area contributed by atoms with Crippen molar-refractivity contribution >= 4 is 11.8 Å². The number of H-pyrrole nitrogens is 1. The van der Waals surface area contributed by atoms with E-state index in [9.17, 15) is 4.79 Å². The van der Waals surface area contributed by atoms with Gasteiger partial charge in [-0.15, -0.1) is 0 Å². The predicted molar refractivity (Wildman–Crippen MR) is 57.5 cm³/mol. The van der Waals surface area contributed by atoms with E-state index in [1.807, 2.05) is 6.26 Å². The monoisotopic (exact) mass is 221 g/mol. The molecule has 0 bridgehead atoms. The summed E-state index contributed by atoms with van der Waals surface area (Å²) in [4.78, 5) is 20.4. The molecule has 0 spiro atoms. The molecule has 0 atom stereocenters. The van der Waals surface area contributed by atoms with Crippen LogP contribution in [0, 0.1) is 11.8 Å². The summed E-state index contributed by atoms with van der Waals surface area (Å²) in [5.41, 5.74) is 7.97. The van der Waals surface area contributed by atoms with Gasteiger partial charge < -0.3 is 4.98 Å². The van der Waals surface area contributed by atoms with Crippen LogP contribution in [0.4, 0.5) is 0 Å². The fourth-order valence-electron chi connectivity index (χ4n) is 0.773. The van der Waals surface area contributed by atoms with Gasteiger partial charge in [-0.25, -0.2) is 4.98 Å². The third-order valence-corrected chi connectivity index (χ3v) is 2.00. The van der Waals surface area contributed by atoms with Gasteiger partial charge in [0.2, 0.25) is 0 Å². The highest BCUT2D eigenvalue weighted by Gasteiger charge is 1.97. The number of aromatic nitrogens is 2. The second-order valence-electron chi connectivity index (χ2n) is 2.33. The summed E-state index contributed by atoms with van der Waals surface area (Å²) in [6.07, 6.45) is 3.21. The van der Waals surface area contributed by atoms with E-state index < -0.39 is 0 Å². The molecule has 0 aromatic carbocycles. The molecule has 1 N–H and O–H groups in total. The SMILES string of the molecule is CSc1ncc(C#CCN=[N+]=[N-])c(=O)[nH]1. The number of nitrogens with one attached hydrogen (secondary N) is 1. The zero-order chi connectivity index (χ0) is 11.1. The molecule has 0 radical (unpaired) electrons. The van der Waals surface area contributed by atoms with Crippen LogP contribution < -0.4 is 5.56 Å². The first-order chi connectivity index (χ1) is 7.27. The van der Waals surface area contributed by atoms with Crippen molar-refractivity contribution in [3.63, 3.8) is 0 Å². The van der Waals surface area contributed by atoms with Gasteiger partial charge in [-0.05, 0) is 11.8 Å². The van der Waals surface area contributed by atoms with Crippen LogP contribution in [0.15, 0.2) is 21.3 Å². The van der Waals surface area contributed by atoms with Crippen molar-refractivity contribution in [2.45, 2.75) is 5.16 Å². The minimum Gasteiger partial charge on any atom is -0.300 e. The Morgan fingerprint density at radius 1 is 1.80 bits per heavy atom. The van der Waals surface area contributed by atoms with Gasteiger partial charge in [-0.1, -0.05) is 28.7 Å². The van der Waals surface area contributed by atoms with Crippen LogP contribution in [0.1, 0.15) is 5.56 Å². The van der Waals surface area contributed by atoms with Gasteiger partial charge in [0.25, 0.3) is 5.56 Å². The predicted octanol–water partition coefficient (Wildman–Crippen LogP) is 1.15. The van der Waals surface area contributed by atoms with Crippen molar-refractivity contribution in [2.75, 3.05) is 12.8 Å². The van der Waals surface area contributed by atoms with Crippen LogP contribution in [0.5, 0.6) is 0 Å². The van der Waals surface area contributed by atoms with Crippen molar-refractivity contribution in [1.82, 2.24) is 9.97 Å².